The summed E-state index contributed by atoms with van der Waals surface area (Å²) in [6, 6.07) is 0. The van der Waals surface area contributed by atoms with E-state index in [1.807, 2.05) is 6.08 Å². The fourth-order valence-corrected chi connectivity index (χ4v) is 9.55. The summed E-state index contributed by atoms with van der Waals surface area (Å²) in [6.45, 7) is 16.4. The fraction of sp³-hybridized carbons (Fsp3) is 0.828. The van der Waals surface area contributed by atoms with E-state index < -0.39 is 11.5 Å². The van der Waals surface area contributed by atoms with Crippen LogP contribution < -0.4 is 0 Å². The largest absolute Gasteiger partial charge is 0.462 e. The number of esters is 2. The Balaban J connectivity index is 1.85. The van der Waals surface area contributed by atoms with E-state index in [0.29, 0.717) is 29.2 Å². The van der Waals surface area contributed by atoms with Crippen molar-refractivity contribution in [1.29, 1.82) is 0 Å². The smallest absolute Gasteiger partial charge is 0.303 e. The molecule has 34 heavy (non-hydrogen) atoms. The van der Waals surface area contributed by atoms with E-state index in [1.165, 1.54) is 46.5 Å². The first-order valence-electron chi connectivity index (χ1n) is 13.2. The third kappa shape index (κ3) is 3.76. The Bertz CT molecular complexity index is 917. The van der Waals surface area contributed by atoms with Crippen molar-refractivity contribution in [3.63, 3.8) is 0 Å². The van der Waals surface area contributed by atoms with Crippen molar-refractivity contribution in [3.05, 3.63) is 11.6 Å². The maximum Gasteiger partial charge on any atom is 0.303 e. The maximum absolute atomic E-state index is 12.6. The lowest BCUT2D eigenvalue weighted by atomic mass is 9.35. The minimum absolute atomic E-state index is 0.0152. The van der Waals surface area contributed by atoms with Crippen LogP contribution >= 0.6 is 0 Å². The molecule has 5 nitrogen and oxygen atoms in total. The summed E-state index contributed by atoms with van der Waals surface area (Å²) in [5, 5.41) is 0. The third-order valence-corrected chi connectivity index (χ3v) is 10.8. The Kier molecular flexibility index (Phi) is 6.13. The number of carbonyl (C=O) groups excluding carboxylic acids is 3. The number of fused-ring (bicyclic) bond motifs is 5. The molecule has 0 amide bonds. The number of ether oxygens (including phenoxy) is 2. The molecule has 0 N–H and O–H groups in total. The van der Waals surface area contributed by atoms with Crippen LogP contribution in [-0.4, -0.2) is 29.9 Å². The van der Waals surface area contributed by atoms with Crippen LogP contribution in [0.15, 0.2) is 11.6 Å². The van der Waals surface area contributed by atoms with Crippen molar-refractivity contribution >= 4 is 17.7 Å². The van der Waals surface area contributed by atoms with Crippen LogP contribution in [0.4, 0.5) is 0 Å². The first-order valence-corrected chi connectivity index (χ1v) is 13.2. The van der Waals surface area contributed by atoms with Crippen molar-refractivity contribution in [2.45, 2.75) is 113 Å². The summed E-state index contributed by atoms with van der Waals surface area (Å²) in [5.41, 5.74) is 0.576. The molecule has 0 aromatic rings. The molecule has 3 fully saturated rings. The van der Waals surface area contributed by atoms with Crippen LogP contribution in [0.25, 0.3) is 0 Å². The minimum atomic E-state index is -0.532. The molecule has 0 aliphatic heterocycles. The van der Waals surface area contributed by atoms with Crippen molar-refractivity contribution in [2.24, 2.45) is 39.4 Å². The molecule has 0 spiro atoms. The van der Waals surface area contributed by atoms with Gasteiger partial charge in [-0.05, 0) is 79.4 Å². The van der Waals surface area contributed by atoms with Gasteiger partial charge in [-0.3, -0.25) is 14.4 Å². The molecule has 3 saturated carbocycles. The van der Waals surface area contributed by atoms with Crippen molar-refractivity contribution in [3.8, 4) is 0 Å². The van der Waals surface area contributed by atoms with Crippen molar-refractivity contribution in [1.82, 2.24) is 0 Å². The van der Waals surface area contributed by atoms with Gasteiger partial charge >= 0.3 is 11.9 Å². The quantitative estimate of drug-likeness (QED) is 0.468. The zero-order valence-corrected chi connectivity index (χ0v) is 22.5. The molecule has 0 radical (unpaired) electrons. The minimum Gasteiger partial charge on any atom is -0.462 e. The summed E-state index contributed by atoms with van der Waals surface area (Å²) in [4.78, 5) is 36.9. The van der Waals surface area contributed by atoms with Gasteiger partial charge in [-0.1, -0.05) is 47.1 Å². The van der Waals surface area contributed by atoms with E-state index in [-0.39, 0.29) is 40.6 Å². The molecule has 4 aliphatic rings. The molecule has 8 atom stereocenters. The zero-order chi connectivity index (χ0) is 25.3. The predicted molar refractivity (Wildman–Crippen MR) is 131 cm³/mol. The monoisotopic (exact) mass is 472 g/mol. The second-order valence-electron chi connectivity index (χ2n) is 13.2. The Morgan fingerprint density at radius 3 is 2.00 bits per heavy atom. The summed E-state index contributed by atoms with van der Waals surface area (Å²) < 4.78 is 11.8. The Morgan fingerprint density at radius 1 is 0.794 bits per heavy atom. The number of carbonyl (C=O) groups is 3. The lowest BCUT2D eigenvalue weighted by molar-refractivity contribution is -0.227. The molecule has 0 aromatic carbocycles. The molecule has 5 heteroatoms. The fourth-order valence-electron chi connectivity index (χ4n) is 9.55. The van der Waals surface area contributed by atoms with Gasteiger partial charge in [0.1, 0.15) is 12.2 Å². The van der Waals surface area contributed by atoms with Crippen LogP contribution in [0.3, 0.4) is 0 Å². The van der Waals surface area contributed by atoms with E-state index in [9.17, 15) is 14.4 Å². The van der Waals surface area contributed by atoms with E-state index >= 15 is 0 Å². The van der Waals surface area contributed by atoms with Gasteiger partial charge < -0.3 is 9.47 Å². The predicted octanol–water partition coefficient (Wildman–Crippen LogP) is 6.04. The molecule has 0 heterocycles. The topological polar surface area (TPSA) is 69.7 Å². The molecule has 0 bridgehead atoms. The SMILES string of the molecule is CC(=O)O[C@H]1C[C@H]2[C@@](C)(CC[C@H]3C(C)(C)CCC[C@]23C)[C@@H]2C[C@@H](OC(C)=O)C(C(C)=O)=C[C@@]12C. The van der Waals surface area contributed by atoms with Gasteiger partial charge in [0.25, 0.3) is 0 Å². The lowest BCUT2D eigenvalue weighted by Gasteiger charge is -2.69. The summed E-state index contributed by atoms with van der Waals surface area (Å²) in [5.74, 6) is 0.494. The van der Waals surface area contributed by atoms with Gasteiger partial charge in [-0.25, -0.2) is 0 Å². The summed E-state index contributed by atoms with van der Waals surface area (Å²) in [6.07, 6.45) is 8.65. The van der Waals surface area contributed by atoms with Gasteiger partial charge in [0.15, 0.2) is 5.78 Å². The molecule has 0 unspecified atom stereocenters. The number of ketones is 1. The standard InChI is InChI=1S/C29H44O5/c1-17(30)20-16-29(8)23(14-21(20)33-18(2)31)28(7)13-10-22-26(4,5)11-9-12-27(22,6)24(28)15-25(29)34-19(3)32/h16,21-25H,9-15H2,1-8H3/t21-,22+,23+,24-,25+,27+,28+,29-/m1/s1. The van der Waals surface area contributed by atoms with Gasteiger partial charge in [0.2, 0.25) is 0 Å². The van der Waals surface area contributed by atoms with E-state index in [2.05, 4.69) is 34.6 Å². The Labute approximate surface area is 205 Å². The number of Topliss-reactive ketones (excluding diaryl/α,β-unsaturated/α-hetero) is 1. The average Bonchev–Trinajstić information content (AvgIpc) is 2.68. The number of rotatable bonds is 3. The number of hydrogen-bond acceptors (Lipinski definition) is 5. The second kappa shape index (κ2) is 8.20. The van der Waals surface area contributed by atoms with Gasteiger partial charge in [0.05, 0.1) is 0 Å². The normalized spacial score (nSPS) is 45.1. The van der Waals surface area contributed by atoms with Gasteiger partial charge in [-0.2, -0.15) is 0 Å². The lowest BCUT2D eigenvalue weighted by Crippen LogP contribution is -2.65. The highest BCUT2D eigenvalue weighted by molar-refractivity contribution is 5.95. The highest BCUT2D eigenvalue weighted by atomic mass is 16.5. The molecule has 190 valence electrons. The summed E-state index contributed by atoms with van der Waals surface area (Å²) in [7, 11) is 0. The van der Waals surface area contributed by atoms with E-state index in [0.717, 1.165) is 12.8 Å². The molecule has 0 saturated heterocycles. The van der Waals surface area contributed by atoms with Crippen LogP contribution in [0, 0.1) is 39.4 Å². The average molecular weight is 473 g/mol. The highest BCUT2D eigenvalue weighted by Gasteiger charge is 2.67. The highest BCUT2D eigenvalue weighted by Crippen LogP contribution is 2.72. The second-order valence-corrected chi connectivity index (χ2v) is 13.2. The maximum atomic E-state index is 12.6. The van der Waals surface area contributed by atoms with Crippen molar-refractivity contribution in [2.75, 3.05) is 0 Å². The van der Waals surface area contributed by atoms with Crippen molar-refractivity contribution < 1.29 is 23.9 Å². The first-order chi connectivity index (χ1) is 15.6. The van der Waals surface area contributed by atoms with Crippen LogP contribution in [0.5, 0.6) is 0 Å². The molecule has 4 rings (SSSR count). The third-order valence-electron chi connectivity index (χ3n) is 10.8. The molecular weight excluding hydrogens is 428 g/mol. The molecule has 0 aromatic heterocycles. The molecular formula is C29H44O5. The molecule has 4 aliphatic carbocycles. The first kappa shape index (κ1) is 25.4. The van der Waals surface area contributed by atoms with E-state index in [4.69, 9.17) is 9.47 Å². The van der Waals surface area contributed by atoms with E-state index in [1.54, 1.807) is 0 Å². The zero-order valence-electron chi connectivity index (χ0n) is 22.5. The Morgan fingerprint density at radius 2 is 1.41 bits per heavy atom. The van der Waals surface area contributed by atoms with Crippen LogP contribution in [-0.2, 0) is 23.9 Å². The van der Waals surface area contributed by atoms with Crippen LogP contribution in [0.1, 0.15) is 100 Å². The summed E-state index contributed by atoms with van der Waals surface area (Å²) >= 11 is 0. The van der Waals surface area contributed by atoms with Gasteiger partial charge in [0, 0.05) is 24.8 Å². The van der Waals surface area contributed by atoms with Crippen LogP contribution in [0.2, 0.25) is 0 Å². The Hall–Kier alpha value is -1.65. The van der Waals surface area contributed by atoms with Gasteiger partial charge in [-0.15, -0.1) is 0 Å². The number of hydrogen-bond donors (Lipinski definition) is 0.